The van der Waals surface area contributed by atoms with Crippen molar-refractivity contribution in [3.63, 3.8) is 0 Å². The van der Waals surface area contributed by atoms with E-state index in [1.54, 1.807) is 0 Å². The van der Waals surface area contributed by atoms with E-state index in [0.29, 0.717) is 13.2 Å². The Bertz CT molecular complexity index is 546. The highest BCUT2D eigenvalue weighted by Crippen LogP contribution is 2.14. The molecule has 9 heteroatoms. The lowest BCUT2D eigenvalue weighted by atomic mass is 10.3. The molecule has 112 valence electrons. The van der Waals surface area contributed by atoms with Crippen LogP contribution in [-0.4, -0.2) is 46.1 Å². The van der Waals surface area contributed by atoms with Gasteiger partial charge >= 0.3 is 6.03 Å². The molecule has 0 unspecified atom stereocenters. The van der Waals surface area contributed by atoms with Crippen molar-refractivity contribution in [2.45, 2.75) is 4.90 Å². The van der Waals surface area contributed by atoms with Crippen molar-refractivity contribution >= 4 is 21.8 Å². The molecule has 0 aliphatic heterocycles. The van der Waals surface area contributed by atoms with Crippen LogP contribution in [0.5, 0.6) is 0 Å². The lowest BCUT2D eigenvalue weighted by Crippen LogP contribution is -2.31. The molecule has 0 atom stereocenters. The van der Waals surface area contributed by atoms with Gasteiger partial charge in [0.05, 0.1) is 18.1 Å². The fourth-order valence-corrected chi connectivity index (χ4v) is 1.77. The maximum absolute atomic E-state index is 11.5. The first-order valence-corrected chi connectivity index (χ1v) is 7.06. The monoisotopic (exact) mass is 304 g/mol. The van der Waals surface area contributed by atoms with Gasteiger partial charge in [-0.1, -0.05) is 6.07 Å². The zero-order chi connectivity index (χ0) is 15.0. The summed E-state index contributed by atoms with van der Waals surface area (Å²) in [5.41, 5.74) is 0.231. The first-order chi connectivity index (χ1) is 9.43. The number of rotatable bonds is 7. The molecule has 8 nitrogen and oxygen atoms in total. The van der Waals surface area contributed by atoms with Gasteiger partial charge in [-0.05, 0) is 18.2 Å². The van der Waals surface area contributed by atoms with Crippen molar-refractivity contribution in [3.8, 4) is 0 Å². The van der Waals surface area contributed by atoms with E-state index >= 15 is 0 Å². The summed E-state index contributed by atoms with van der Waals surface area (Å²) >= 11 is 0. The standard InChI is InChI=1S/C11H16N2O6S/c1-18-5-6-19-8-12-11(14)13-9-3-2-4-10(7-9)20(15,16)17/h2-4,7H,5-6,8H2,1H3,(H2,12,13,14)(H,15,16,17). The van der Waals surface area contributed by atoms with Gasteiger partial charge < -0.3 is 20.1 Å². The van der Waals surface area contributed by atoms with E-state index in [-0.39, 0.29) is 17.3 Å². The molecule has 0 aliphatic carbocycles. The van der Waals surface area contributed by atoms with Crippen molar-refractivity contribution in [2.24, 2.45) is 0 Å². The fraction of sp³-hybridized carbons (Fsp3) is 0.364. The molecule has 0 aromatic heterocycles. The summed E-state index contributed by atoms with van der Waals surface area (Å²) in [4.78, 5) is 11.2. The predicted molar refractivity (Wildman–Crippen MR) is 71.1 cm³/mol. The third-order valence-corrected chi connectivity index (χ3v) is 3.01. The number of hydrogen-bond acceptors (Lipinski definition) is 5. The second-order valence-corrected chi connectivity index (χ2v) is 5.10. The number of anilines is 1. The molecule has 3 N–H and O–H groups in total. The van der Waals surface area contributed by atoms with Gasteiger partial charge in [0.25, 0.3) is 10.1 Å². The quantitative estimate of drug-likeness (QED) is 0.388. The average Bonchev–Trinajstić information content (AvgIpc) is 2.38. The normalized spacial score (nSPS) is 11.1. The zero-order valence-electron chi connectivity index (χ0n) is 10.8. The molecule has 0 fully saturated rings. The van der Waals surface area contributed by atoms with E-state index in [0.717, 1.165) is 6.07 Å². The molecule has 0 saturated heterocycles. The third-order valence-electron chi connectivity index (χ3n) is 2.16. The van der Waals surface area contributed by atoms with Gasteiger partial charge in [-0.15, -0.1) is 0 Å². The van der Waals surface area contributed by atoms with Gasteiger partial charge in [-0.2, -0.15) is 8.42 Å². The van der Waals surface area contributed by atoms with Crippen LogP contribution in [0, 0.1) is 0 Å². The molecule has 1 aromatic carbocycles. The Labute approximate surface area is 116 Å². The summed E-state index contributed by atoms with van der Waals surface area (Å²) < 4.78 is 40.5. The molecular weight excluding hydrogens is 288 g/mol. The number of ether oxygens (including phenoxy) is 2. The highest BCUT2D eigenvalue weighted by atomic mass is 32.2. The number of methoxy groups -OCH3 is 1. The largest absolute Gasteiger partial charge is 0.382 e. The zero-order valence-corrected chi connectivity index (χ0v) is 11.6. The minimum atomic E-state index is -4.30. The number of urea groups is 1. The van der Waals surface area contributed by atoms with Crippen LogP contribution in [0.3, 0.4) is 0 Å². The van der Waals surface area contributed by atoms with E-state index in [2.05, 4.69) is 10.6 Å². The molecule has 2 amide bonds. The summed E-state index contributed by atoms with van der Waals surface area (Å²) in [6.07, 6.45) is 0. The van der Waals surface area contributed by atoms with E-state index < -0.39 is 16.1 Å². The third kappa shape index (κ3) is 5.97. The number of nitrogens with one attached hydrogen (secondary N) is 2. The second kappa shape index (κ2) is 7.80. The summed E-state index contributed by atoms with van der Waals surface area (Å²) in [6, 6.07) is 4.68. The smallest absolute Gasteiger partial charge is 0.321 e. The Kier molecular flexibility index (Phi) is 6.39. The maximum atomic E-state index is 11.5. The van der Waals surface area contributed by atoms with Crippen molar-refractivity contribution in [2.75, 3.05) is 32.4 Å². The number of hydrogen-bond donors (Lipinski definition) is 3. The minimum Gasteiger partial charge on any atom is -0.382 e. The number of benzene rings is 1. The van der Waals surface area contributed by atoms with Gasteiger partial charge in [0.2, 0.25) is 0 Å². The summed E-state index contributed by atoms with van der Waals surface area (Å²) in [7, 11) is -2.77. The van der Waals surface area contributed by atoms with E-state index in [1.807, 2.05) is 0 Å². The van der Waals surface area contributed by atoms with Crippen molar-refractivity contribution in [3.05, 3.63) is 24.3 Å². The minimum absolute atomic E-state index is 0.00676. The van der Waals surface area contributed by atoms with Crippen molar-refractivity contribution in [1.29, 1.82) is 0 Å². The fourth-order valence-electron chi connectivity index (χ4n) is 1.24. The molecule has 1 rings (SSSR count). The average molecular weight is 304 g/mol. The Morgan fingerprint density at radius 1 is 1.35 bits per heavy atom. The van der Waals surface area contributed by atoms with Gasteiger partial charge in [-0.25, -0.2) is 4.79 Å². The van der Waals surface area contributed by atoms with Crippen LogP contribution >= 0.6 is 0 Å². The van der Waals surface area contributed by atoms with E-state index in [9.17, 15) is 13.2 Å². The van der Waals surface area contributed by atoms with E-state index in [1.165, 1.54) is 25.3 Å². The van der Waals surface area contributed by atoms with Crippen LogP contribution in [0.4, 0.5) is 10.5 Å². The summed E-state index contributed by atoms with van der Waals surface area (Å²) in [5, 5.41) is 4.82. The molecule has 0 aliphatic rings. The SMILES string of the molecule is COCCOCNC(=O)Nc1cccc(S(=O)(=O)O)c1. The lowest BCUT2D eigenvalue weighted by molar-refractivity contribution is 0.0650. The Balaban J connectivity index is 2.46. The second-order valence-electron chi connectivity index (χ2n) is 3.68. The molecule has 1 aromatic rings. The van der Waals surface area contributed by atoms with Gasteiger partial charge in [0.1, 0.15) is 6.73 Å². The highest BCUT2D eigenvalue weighted by molar-refractivity contribution is 7.85. The van der Waals surface area contributed by atoms with Gasteiger partial charge in [0.15, 0.2) is 0 Å². The molecule has 0 saturated carbocycles. The first-order valence-electron chi connectivity index (χ1n) is 5.62. The Hall–Kier alpha value is -1.68. The number of carbonyl (C=O) groups excluding carboxylic acids is 1. The van der Waals surface area contributed by atoms with Gasteiger partial charge in [0, 0.05) is 12.8 Å². The number of amides is 2. The topological polar surface area (TPSA) is 114 Å². The van der Waals surface area contributed by atoms with Crippen LogP contribution in [0.25, 0.3) is 0 Å². The molecule has 0 spiro atoms. The van der Waals surface area contributed by atoms with Crippen LogP contribution in [-0.2, 0) is 19.6 Å². The first kappa shape index (κ1) is 16.4. The van der Waals surface area contributed by atoms with E-state index in [4.69, 9.17) is 14.0 Å². The maximum Gasteiger partial charge on any atom is 0.321 e. The molecular formula is C11H16N2O6S. The van der Waals surface area contributed by atoms with Gasteiger partial charge in [-0.3, -0.25) is 4.55 Å². The molecule has 20 heavy (non-hydrogen) atoms. The Morgan fingerprint density at radius 2 is 2.10 bits per heavy atom. The predicted octanol–water partition coefficient (Wildman–Crippen LogP) is 0.675. The van der Waals surface area contributed by atoms with Crippen LogP contribution in [0.1, 0.15) is 0 Å². The highest BCUT2D eigenvalue weighted by Gasteiger charge is 2.10. The van der Waals surface area contributed by atoms with Crippen LogP contribution < -0.4 is 10.6 Å². The Morgan fingerprint density at radius 3 is 2.75 bits per heavy atom. The summed E-state index contributed by atoms with van der Waals surface area (Å²) in [5.74, 6) is 0. The number of carbonyl (C=O) groups is 1. The molecule has 0 radical (unpaired) electrons. The molecule has 0 heterocycles. The lowest BCUT2D eigenvalue weighted by Gasteiger charge is -2.08. The van der Waals surface area contributed by atoms with Crippen LogP contribution in [0.15, 0.2) is 29.2 Å². The molecule has 0 bridgehead atoms. The van der Waals surface area contributed by atoms with Crippen molar-refractivity contribution in [1.82, 2.24) is 5.32 Å². The van der Waals surface area contributed by atoms with Crippen molar-refractivity contribution < 1.29 is 27.2 Å². The van der Waals surface area contributed by atoms with Crippen LogP contribution in [0.2, 0.25) is 0 Å². The summed E-state index contributed by atoms with van der Waals surface area (Å²) in [6.45, 7) is 0.752.